The lowest BCUT2D eigenvalue weighted by Gasteiger charge is -2.11. The molecule has 4 nitrogen and oxygen atoms in total. The zero-order chi connectivity index (χ0) is 22.0. The van der Waals surface area contributed by atoms with E-state index >= 15 is 0 Å². The Morgan fingerprint density at radius 3 is 2.55 bits per heavy atom. The second-order valence-electron chi connectivity index (χ2n) is 7.39. The number of fused-ring (bicyclic) bond motifs is 1. The molecular weight excluding hydrogens is 456 g/mol. The number of carbonyl (C=O) groups is 1. The van der Waals surface area contributed by atoms with Crippen LogP contribution in [0.5, 0.6) is 5.75 Å². The molecule has 0 N–H and O–H groups in total. The molecule has 0 aliphatic carbocycles. The molecule has 0 radical (unpaired) electrons. The molecule has 4 rings (SSSR count). The van der Waals surface area contributed by atoms with E-state index in [1.165, 1.54) is 11.1 Å². The van der Waals surface area contributed by atoms with Crippen molar-refractivity contribution in [2.24, 2.45) is 0 Å². The van der Waals surface area contributed by atoms with Crippen molar-refractivity contribution in [1.29, 1.82) is 0 Å². The van der Waals surface area contributed by atoms with Crippen molar-refractivity contribution >= 4 is 32.9 Å². The largest absolute Gasteiger partial charge is 0.488 e. The summed E-state index contributed by atoms with van der Waals surface area (Å²) in [6, 6.07) is 19.5. The second-order valence-corrected chi connectivity index (χ2v) is 8.24. The molecule has 0 spiro atoms. The molecule has 0 atom stereocenters. The fourth-order valence-corrected chi connectivity index (χ4v) is 3.96. The molecule has 0 unspecified atom stereocenters. The van der Waals surface area contributed by atoms with Crippen LogP contribution in [0.25, 0.3) is 22.3 Å². The number of rotatable bonds is 6. The Bertz CT molecular complexity index is 1240. The molecule has 0 fully saturated rings. The van der Waals surface area contributed by atoms with E-state index in [0.717, 1.165) is 15.6 Å². The van der Waals surface area contributed by atoms with Crippen LogP contribution in [0.1, 0.15) is 34.0 Å². The van der Waals surface area contributed by atoms with E-state index in [0.29, 0.717) is 34.6 Å². The lowest BCUT2D eigenvalue weighted by molar-refractivity contribution is 0.0528. The third-order valence-corrected chi connectivity index (χ3v) is 5.77. The minimum absolute atomic E-state index is 0.284. The standard InChI is InChI=1S/C26H23BrO4/c1-4-29-26(28)24-20-13-23(30-15-19-12-16(2)10-11-17(19)3)21(27)14-22(20)31-25(24)18-8-6-5-7-9-18/h5-14H,4,15H2,1-3H3. The van der Waals surface area contributed by atoms with Gasteiger partial charge in [-0.3, -0.25) is 0 Å². The van der Waals surface area contributed by atoms with Crippen molar-refractivity contribution in [3.05, 3.63) is 87.4 Å². The van der Waals surface area contributed by atoms with Gasteiger partial charge < -0.3 is 13.9 Å². The minimum atomic E-state index is -0.414. The van der Waals surface area contributed by atoms with Crippen molar-refractivity contribution in [3.63, 3.8) is 0 Å². The van der Waals surface area contributed by atoms with Gasteiger partial charge >= 0.3 is 5.97 Å². The highest BCUT2D eigenvalue weighted by Gasteiger charge is 2.24. The maximum Gasteiger partial charge on any atom is 0.342 e. The molecule has 3 aromatic carbocycles. The first-order valence-corrected chi connectivity index (χ1v) is 10.9. The Labute approximate surface area is 189 Å². The van der Waals surface area contributed by atoms with Gasteiger partial charge in [-0.1, -0.05) is 54.1 Å². The zero-order valence-corrected chi connectivity index (χ0v) is 19.3. The predicted molar refractivity (Wildman–Crippen MR) is 126 cm³/mol. The topological polar surface area (TPSA) is 48.7 Å². The number of ether oxygens (including phenoxy) is 2. The van der Waals surface area contributed by atoms with E-state index in [1.54, 1.807) is 6.92 Å². The molecule has 1 aromatic heterocycles. The van der Waals surface area contributed by atoms with E-state index in [-0.39, 0.29) is 6.61 Å². The number of hydrogen-bond donors (Lipinski definition) is 0. The van der Waals surface area contributed by atoms with Gasteiger partial charge in [-0.05, 0) is 60.0 Å². The van der Waals surface area contributed by atoms with Crippen molar-refractivity contribution in [2.75, 3.05) is 6.61 Å². The van der Waals surface area contributed by atoms with Gasteiger partial charge in [-0.2, -0.15) is 0 Å². The Balaban J connectivity index is 1.78. The Morgan fingerprint density at radius 2 is 1.81 bits per heavy atom. The summed E-state index contributed by atoms with van der Waals surface area (Å²) in [4.78, 5) is 12.8. The third-order valence-electron chi connectivity index (χ3n) is 5.15. The first-order chi connectivity index (χ1) is 15.0. The van der Waals surface area contributed by atoms with Gasteiger partial charge in [0.2, 0.25) is 0 Å². The molecular formula is C26H23BrO4. The van der Waals surface area contributed by atoms with Crippen LogP contribution < -0.4 is 4.74 Å². The van der Waals surface area contributed by atoms with E-state index in [9.17, 15) is 4.79 Å². The summed E-state index contributed by atoms with van der Waals surface area (Å²) in [6.07, 6.45) is 0. The minimum Gasteiger partial charge on any atom is -0.488 e. The summed E-state index contributed by atoms with van der Waals surface area (Å²) >= 11 is 3.58. The first-order valence-electron chi connectivity index (χ1n) is 10.2. The highest BCUT2D eigenvalue weighted by Crippen LogP contribution is 2.39. The van der Waals surface area contributed by atoms with E-state index in [2.05, 4.69) is 48.0 Å². The smallest absolute Gasteiger partial charge is 0.342 e. The molecule has 1 heterocycles. The van der Waals surface area contributed by atoms with Crippen LogP contribution in [0.4, 0.5) is 0 Å². The second kappa shape index (κ2) is 8.98. The van der Waals surface area contributed by atoms with Gasteiger partial charge in [0.25, 0.3) is 0 Å². The van der Waals surface area contributed by atoms with Crippen LogP contribution in [0.15, 0.2) is 69.6 Å². The average Bonchev–Trinajstić information content (AvgIpc) is 3.13. The summed E-state index contributed by atoms with van der Waals surface area (Å²) in [5.41, 5.74) is 5.29. The fraction of sp³-hybridized carbons (Fsp3) is 0.192. The number of esters is 1. The summed E-state index contributed by atoms with van der Waals surface area (Å²) in [6.45, 7) is 6.63. The van der Waals surface area contributed by atoms with Crippen molar-refractivity contribution in [1.82, 2.24) is 0 Å². The monoisotopic (exact) mass is 478 g/mol. The van der Waals surface area contributed by atoms with Crippen LogP contribution >= 0.6 is 15.9 Å². The number of aryl methyl sites for hydroxylation is 2. The molecule has 0 aliphatic rings. The molecule has 0 saturated carbocycles. The number of hydrogen-bond acceptors (Lipinski definition) is 4. The van der Waals surface area contributed by atoms with Crippen LogP contribution in [-0.4, -0.2) is 12.6 Å². The molecule has 0 bridgehead atoms. The Morgan fingerprint density at radius 1 is 1.03 bits per heavy atom. The number of benzene rings is 3. The average molecular weight is 479 g/mol. The highest BCUT2D eigenvalue weighted by molar-refractivity contribution is 9.10. The maximum absolute atomic E-state index is 12.8. The highest BCUT2D eigenvalue weighted by atomic mass is 79.9. The molecule has 5 heteroatoms. The summed E-state index contributed by atoms with van der Waals surface area (Å²) in [5, 5.41) is 0.663. The zero-order valence-electron chi connectivity index (χ0n) is 17.7. The molecule has 31 heavy (non-hydrogen) atoms. The summed E-state index contributed by atoms with van der Waals surface area (Å²) in [5.74, 6) is 0.717. The molecule has 0 aliphatic heterocycles. The van der Waals surface area contributed by atoms with Crippen molar-refractivity contribution in [3.8, 4) is 17.1 Å². The quantitative estimate of drug-likeness (QED) is 0.274. The number of carbonyl (C=O) groups excluding carboxylic acids is 1. The number of halogens is 1. The summed E-state index contributed by atoms with van der Waals surface area (Å²) in [7, 11) is 0. The van der Waals surface area contributed by atoms with Crippen molar-refractivity contribution in [2.45, 2.75) is 27.4 Å². The Hall–Kier alpha value is -3.05. The van der Waals surface area contributed by atoms with E-state index < -0.39 is 5.97 Å². The van der Waals surface area contributed by atoms with Gasteiger partial charge in [-0.25, -0.2) is 4.79 Å². The van der Waals surface area contributed by atoms with E-state index in [1.807, 2.05) is 42.5 Å². The number of furan rings is 1. The van der Waals surface area contributed by atoms with Crippen LogP contribution in [0, 0.1) is 13.8 Å². The molecule has 4 aromatic rings. The lowest BCUT2D eigenvalue weighted by Crippen LogP contribution is -2.05. The fourth-order valence-electron chi connectivity index (χ4n) is 3.52. The van der Waals surface area contributed by atoms with Gasteiger partial charge in [0, 0.05) is 10.9 Å². The lowest BCUT2D eigenvalue weighted by atomic mass is 10.1. The molecule has 0 amide bonds. The van der Waals surface area contributed by atoms with Gasteiger partial charge in [0.1, 0.15) is 29.3 Å². The molecule has 158 valence electrons. The molecule has 0 saturated heterocycles. The normalized spacial score (nSPS) is 11.0. The van der Waals surface area contributed by atoms with Crippen LogP contribution in [0.3, 0.4) is 0 Å². The SMILES string of the molecule is CCOC(=O)c1c(-c2ccccc2)oc2cc(Br)c(OCc3cc(C)ccc3C)cc12. The predicted octanol–water partition coefficient (Wildman–Crippen LogP) is 7.23. The summed E-state index contributed by atoms with van der Waals surface area (Å²) < 4.78 is 18.3. The Kier molecular flexibility index (Phi) is 6.14. The van der Waals surface area contributed by atoms with Crippen molar-refractivity contribution < 1.29 is 18.7 Å². The first kappa shape index (κ1) is 21.2. The van der Waals surface area contributed by atoms with Gasteiger partial charge in [0.05, 0.1) is 11.1 Å². The van der Waals surface area contributed by atoms with Gasteiger partial charge in [-0.15, -0.1) is 0 Å². The maximum atomic E-state index is 12.8. The van der Waals surface area contributed by atoms with E-state index in [4.69, 9.17) is 13.9 Å². The third kappa shape index (κ3) is 4.37. The van der Waals surface area contributed by atoms with Gasteiger partial charge in [0.15, 0.2) is 0 Å². The van der Waals surface area contributed by atoms with Crippen LogP contribution in [-0.2, 0) is 11.3 Å². The van der Waals surface area contributed by atoms with Crippen LogP contribution in [0.2, 0.25) is 0 Å².